The largest absolute Gasteiger partial charge is 0.478 e. The highest BCUT2D eigenvalue weighted by atomic mass is 16.4. The molecule has 0 spiro atoms. The summed E-state index contributed by atoms with van der Waals surface area (Å²) in [6.45, 7) is 0. The molecule has 8 heteroatoms. The maximum absolute atomic E-state index is 11.8. The number of carboxylic acids is 4. The number of hydrogen-bond acceptors (Lipinski definition) is 4. The quantitative estimate of drug-likeness (QED) is 0.149. The topological polar surface area (TPSA) is 149 Å². The van der Waals surface area contributed by atoms with Crippen LogP contribution in [-0.2, 0) is 0 Å². The third kappa shape index (κ3) is 4.90. The highest BCUT2D eigenvalue weighted by molar-refractivity contribution is 6.13. The molecule has 0 amide bonds. The standard InChI is InChI=1S/C36H22O8/c37-33(38)21-13-19(14-22(17-21)34(39)40)25-9-11-31(29-7-3-1-5-27(25)29)32-12-10-26(28-6-2-4-8-30(28)32)20-15-23(35(41)42)18-24(16-20)36(43)44/h1-18H,(H,37,38)(H,39,40)(H,41,42)(H,43,44). The molecule has 0 aliphatic heterocycles. The summed E-state index contributed by atoms with van der Waals surface area (Å²) in [5, 5.41) is 41.7. The van der Waals surface area contributed by atoms with E-state index in [2.05, 4.69) is 0 Å². The Kier molecular flexibility index (Phi) is 6.87. The van der Waals surface area contributed by atoms with Gasteiger partial charge in [0.1, 0.15) is 0 Å². The second kappa shape index (κ2) is 10.8. The Labute approximate surface area is 249 Å². The van der Waals surface area contributed by atoms with E-state index >= 15 is 0 Å². The van der Waals surface area contributed by atoms with Crippen molar-refractivity contribution in [3.8, 4) is 33.4 Å². The van der Waals surface area contributed by atoms with Gasteiger partial charge in [-0.25, -0.2) is 19.2 Å². The molecule has 0 saturated heterocycles. The average molecular weight is 583 g/mol. The highest BCUT2D eigenvalue weighted by Gasteiger charge is 2.18. The number of rotatable bonds is 7. The first-order chi connectivity index (χ1) is 21.1. The Hall–Kier alpha value is -6.28. The molecule has 0 aliphatic carbocycles. The molecule has 0 bridgehead atoms. The lowest BCUT2D eigenvalue weighted by atomic mass is 9.87. The van der Waals surface area contributed by atoms with Crippen molar-refractivity contribution in [3.63, 3.8) is 0 Å². The second-order valence-corrected chi connectivity index (χ2v) is 10.2. The summed E-state index contributed by atoms with van der Waals surface area (Å²) in [4.78, 5) is 47.1. The van der Waals surface area contributed by atoms with Gasteiger partial charge < -0.3 is 20.4 Å². The van der Waals surface area contributed by atoms with E-state index < -0.39 is 23.9 Å². The molecular formula is C36H22O8. The fraction of sp³-hybridized carbons (Fsp3) is 0. The van der Waals surface area contributed by atoms with Crippen LogP contribution in [0.15, 0.2) is 109 Å². The summed E-state index contributed by atoms with van der Waals surface area (Å²) in [5.41, 5.74) is 3.46. The Balaban J connectivity index is 1.57. The zero-order valence-electron chi connectivity index (χ0n) is 22.8. The molecule has 214 valence electrons. The fourth-order valence-corrected chi connectivity index (χ4v) is 5.63. The Morgan fingerprint density at radius 2 is 0.591 bits per heavy atom. The molecule has 6 rings (SSSR count). The van der Waals surface area contributed by atoms with Crippen LogP contribution in [0.4, 0.5) is 0 Å². The van der Waals surface area contributed by atoms with Gasteiger partial charge >= 0.3 is 23.9 Å². The van der Waals surface area contributed by atoms with E-state index in [0.29, 0.717) is 22.3 Å². The lowest BCUT2D eigenvalue weighted by molar-refractivity contribution is 0.0676. The van der Waals surface area contributed by atoms with Crippen molar-refractivity contribution < 1.29 is 39.6 Å². The number of carbonyl (C=O) groups is 4. The predicted octanol–water partition coefficient (Wildman–Crippen LogP) is 7.79. The molecule has 0 heterocycles. The molecule has 8 nitrogen and oxygen atoms in total. The van der Waals surface area contributed by atoms with Gasteiger partial charge in [0.15, 0.2) is 0 Å². The van der Waals surface area contributed by atoms with Gasteiger partial charge in [0.2, 0.25) is 0 Å². The van der Waals surface area contributed by atoms with Gasteiger partial charge in [-0.15, -0.1) is 0 Å². The van der Waals surface area contributed by atoms with E-state index in [-0.39, 0.29) is 22.3 Å². The lowest BCUT2D eigenvalue weighted by Crippen LogP contribution is -2.03. The van der Waals surface area contributed by atoms with Crippen LogP contribution in [0.1, 0.15) is 41.4 Å². The SMILES string of the molecule is O=C(O)c1cc(C(=O)O)cc(-c2ccc(-c3ccc(-c4cc(C(=O)O)cc(C(=O)O)c4)c4ccccc34)c3ccccc23)c1. The van der Waals surface area contributed by atoms with Gasteiger partial charge in [-0.05, 0) is 91.3 Å². The molecule has 0 radical (unpaired) electrons. The zero-order valence-corrected chi connectivity index (χ0v) is 22.8. The summed E-state index contributed by atoms with van der Waals surface area (Å²) >= 11 is 0. The van der Waals surface area contributed by atoms with Crippen LogP contribution in [0, 0.1) is 0 Å². The lowest BCUT2D eigenvalue weighted by Gasteiger charge is -2.16. The summed E-state index contributed by atoms with van der Waals surface area (Å²) in [6, 6.07) is 30.7. The van der Waals surface area contributed by atoms with Gasteiger partial charge in [-0.1, -0.05) is 72.8 Å². The molecule has 4 N–H and O–H groups in total. The number of fused-ring (bicyclic) bond motifs is 2. The monoisotopic (exact) mass is 582 g/mol. The van der Waals surface area contributed by atoms with Crippen LogP contribution in [0.3, 0.4) is 0 Å². The third-order valence-electron chi connectivity index (χ3n) is 7.61. The summed E-state index contributed by atoms with van der Waals surface area (Å²) in [7, 11) is 0. The van der Waals surface area contributed by atoms with Crippen LogP contribution < -0.4 is 0 Å². The van der Waals surface area contributed by atoms with Gasteiger partial charge in [0.25, 0.3) is 0 Å². The minimum absolute atomic E-state index is 0.132. The van der Waals surface area contributed by atoms with Gasteiger partial charge in [0.05, 0.1) is 22.3 Å². The number of benzene rings is 6. The first kappa shape index (κ1) is 27.9. The minimum atomic E-state index is -1.23. The molecule has 0 atom stereocenters. The van der Waals surface area contributed by atoms with Crippen LogP contribution >= 0.6 is 0 Å². The summed E-state index contributed by atoms with van der Waals surface area (Å²) in [6.07, 6.45) is 0. The summed E-state index contributed by atoms with van der Waals surface area (Å²) < 4.78 is 0. The molecule has 6 aromatic rings. The molecule has 0 aliphatic rings. The summed E-state index contributed by atoms with van der Waals surface area (Å²) in [5.74, 6) is -4.92. The maximum Gasteiger partial charge on any atom is 0.335 e. The van der Waals surface area contributed by atoms with Crippen LogP contribution in [0.2, 0.25) is 0 Å². The van der Waals surface area contributed by atoms with E-state index in [4.69, 9.17) is 0 Å². The van der Waals surface area contributed by atoms with Crippen molar-refractivity contribution in [2.45, 2.75) is 0 Å². The van der Waals surface area contributed by atoms with E-state index in [0.717, 1.165) is 44.8 Å². The minimum Gasteiger partial charge on any atom is -0.478 e. The van der Waals surface area contributed by atoms with Crippen LogP contribution in [0.5, 0.6) is 0 Å². The number of hydrogen-bond donors (Lipinski definition) is 4. The van der Waals surface area contributed by atoms with Crippen molar-refractivity contribution >= 4 is 45.4 Å². The molecular weight excluding hydrogens is 560 g/mol. The molecule has 0 aromatic heterocycles. The molecule has 6 aromatic carbocycles. The van der Waals surface area contributed by atoms with Gasteiger partial charge in [-0.2, -0.15) is 0 Å². The molecule has 0 fully saturated rings. The van der Waals surface area contributed by atoms with Crippen molar-refractivity contribution in [2.24, 2.45) is 0 Å². The molecule has 0 unspecified atom stereocenters. The average Bonchev–Trinajstić information content (AvgIpc) is 3.03. The van der Waals surface area contributed by atoms with Crippen LogP contribution in [-0.4, -0.2) is 44.3 Å². The van der Waals surface area contributed by atoms with Gasteiger partial charge in [0, 0.05) is 0 Å². The third-order valence-corrected chi connectivity index (χ3v) is 7.61. The Bertz CT molecular complexity index is 1970. The highest BCUT2D eigenvalue weighted by Crippen LogP contribution is 2.41. The van der Waals surface area contributed by atoms with E-state index in [1.807, 2.05) is 72.8 Å². The Morgan fingerprint density at radius 3 is 0.864 bits per heavy atom. The predicted molar refractivity (Wildman–Crippen MR) is 166 cm³/mol. The van der Waals surface area contributed by atoms with Crippen LogP contribution in [0.25, 0.3) is 54.9 Å². The number of aromatic carboxylic acids is 4. The van der Waals surface area contributed by atoms with Gasteiger partial charge in [-0.3, -0.25) is 0 Å². The fourth-order valence-electron chi connectivity index (χ4n) is 5.63. The van der Waals surface area contributed by atoms with E-state index in [1.165, 1.54) is 24.3 Å². The van der Waals surface area contributed by atoms with Crippen molar-refractivity contribution in [3.05, 3.63) is 131 Å². The van der Waals surface area contributed by atoms with E-state index in [9.17, 15) is 39.6 Å². The number of carboxylic acid groups (broad SMARTS) is 4. The zero-order chi connectivity index (χ0) is 31.1. The molecule has 0 saturated carbocycles. The smallest absolute Gasteiger partial charge is 0.335 e. The van der Waals surface area contributed by atoms with Crippen molar-refractivity contribution in [2.75, 3.05) is 0 Å². The van der Waals surface area contributed by atoms with Crippen molar-refractivity contribution in [1.29, 1.82) is 0 Å². The second-order valence-electron chi connectivity index (χ2n) is 10.2. The first-order valence-corrected chi connectivity index (χ1v) is 13.4. The first-order valence-electron chi connectivity index (χ1n) is 13.4. The van der Waals surface area contributed by atoms with Crippen molar-refractivity contribution in [1.82, 2.24) is 0 Å². The Morgan fingerprint density at radius 1 is 0.341 bits per heavy atom. The van der Waals surface area contributed by atoms with E-state index in [1.54, 1.807) is 0 Å². The maximum atomic E-state index is 11.8. The normalized spacial score (nSPS) is 11.0. The molecule has 44 heavy (non-hydrogen) atoms.